The Morgan fingerprint density at radius 1 is 0.975 bits per heavy atom. The second kappa shape index (κ2) is 11.7. The van der Waals surface area contributed by atoms with Gasteiger partial charge in [-0.1, -0.05) is 12.1 Å². The Morgan fingerprint density at radius 2 is 1.57 bits per heavy atom. The maximum Gasteiger partial charge on any atom is 0.328 e. The molecule has 0 heterocycles. The summed E-state index contributed by atoms with van der Waals surface area (Å²) in [7, 11) is -3.19. The summed E-state index contributed by atoms with van der Waals surface area (Å²) in [6.07, 6.45) is 1.75. The Balaban J connectivity index is 1.48. The fraction of sp³-hybridized carbons (Fsp3) is 0.222. The monoisotopic (exact) mass is 572 g/mol. The van der Waals surface area contributed by atoms with Crippen LogP contribution in [0.2, 0.25) is 0 Å². The number of nitrogens with one attached hydrogen (secondary N) is 3. The second-order valence-corrected chi connectivity index (χ2v) is 10.9. The van der Waals surface area contributed by atoms with E-state index in [0.717, 1.165) is 20.0 Å². The maximum atomic E-state index is 14.9. The highest BCUT2D eigenvalue weighted by atomic mass is 32.2. The molecule has 10 nitrogen and oxygen atoms in total. The summed E-state index contributed by atoms with van der Waals surface area (Å²) in [4.78, 5) is 36.8. The van der Waals surface area contributed by atoms with Crippen LogP contribution in [0.3, 0.4) is 0 Å². The predicted octanol–water partition coefficient (Wildman–Crippen LogP) is 2.75. The molecule has 0 aromatic heterocycles. The number of hydrogen-bond donors (Lipinski definition) is 4. The van der Waals surface area contributed by atoms with Crippen molar-refractivity contribution in [2.24, 2.45) is 0 Å². The molecule has 0 saturated heterocycles. The first-order chi connectivity index (χ1) is 19.0. The lowest BCUT2D eigenvalue weighted by molar-refractivity contribution is -0.142. The summed E-state index contributed by atoms with van der Waals surface area (Å²) in [5.41, 5.74) is 5.51. The molecule has 13 heteroatoms. The smallest absolute Gasteiger partial charge is 0.328 e. The minimum atomic E-state index is -4.29. The minimum Gasteiger partial charge on any atom is -0.467 e. The number of nitrogen functional groups attached to an aromatic ring is 1. The molecule has 0 radical (unpaired) electrons. The van der Waals surface area contributed by atoms with Gasteiger partial charge in [-0.25, -0.2) is 22.0 Å². The molecular weight excluding hydrogens is 546 g/mol. The highest BCUT2D eigenvalue weighted by molar-refractivity contribution is 7.92. The van der Waals surface area contributed by atoms with Gasteiger partial charge in [0.15, 0.2) is 0 Å². The van der Waals surface area contributed by atoms with E-state index in [1.165, 1.54) is 24.3 Å². The summed E-state index contributed by atoms with van der Waals surface area (Å²) >= 11 is 0. The molecule has 3 aromatic carbocycles. The van der Waals surface area contributed by atoms with Gasteiger partial charge in [-0.3, -0.25) is 14.3 Å². The number of amides is 2. The molecule has 1 saturated carbocycles. The third kappa shape index (κ3) is 6.91. The van der Waals surface area contributed by atoms with Crippen molar-refractivity contribution in [2.75, 3.05) is 17.6 Å². The fourth-order valence-corrected chi connectivity index (χ4v) is 4.84. The van der Waals surface area contributed by atoms with Gasteiger partial charge in [0, 0.05) is 23.7 Å². The number of rotatable bonds is 10. The highest BCUT2D eigenvalue weighted by Gasteiger charge is 2.27. The van der Waals surface area contributed by atoms with Crippen molar-refractivity contribution >= 4 is 39.2 Å². The van der Waals surface area contributed by atoms with Crippen LogP contribution in [0, 0.1) is 11.6 Å². The minimum absolute atomic E-state index is 0.0408. The van der Waals surface area contributed by atoms with E-state index >= 15 is 0 Å². The van der Waals surface area contributed by atoms with Crippen molar-refractivity contribution in [2.45, 2.75) is 36.2 Å². The summed E-state index contributed by atoms with van der Waals surface area (Å²) in [5.74, 6) is -5.14. The van der Waals surface area contributed by atoms with Crippen LogP contribution < -0.4 is 21.1 Å². The quantitative estimate of drug-likeness (QED) is 0.215. The van der Waals surface area contributed by atoms with Gasteiger partial charge in [-0.2, -0.15) is 0 Å². The van der Waals surface area contributed by atoms with Gasteiger partial charge in [0.25, 0.3) is 21.8 Å². The molecule has 1 atom stereocenters. The number of carbonyl (C=O) groups excluding carboxylic acids is 3. The molecule has 1 aliphatic rings. The van der Waals surface area contributed by atoms with Crippen molar-refractivity contribution in [1.82, 2.24) is 10.6 Å². The molecule has 4 rings (SSSR count). The van der Waals surface area contributed by atoms with Gasteiger partial charge in [-0.05, 0) is 66.9 Å². The molecule has 3 aromatic rings. The van der Waals surface area contributed by atoms with Crippen molar-refractivity contribution < 1.29 is 36.3 Å². The third-order valence-electron chi connectivity index (χ3n) is 6.07. The topological polar surface area (TPSA) is 157 Å². The molecule has 0 spiro atoms. The number of ether oxygens (including phenoxy) is 1. The number of methoxy groups -OCH3 is 1. The van der Waals surface area contributed by atoms with Crippen molar-refractivity contribution in [3.05, 3.63) is 89.0 Å². The maximum absolute atomic E-state index is 14.9. The zero-order chi connectivity index (χ0) is 29.0. The zero-order valence-corrected chi connectivity index (χ0v) is 22.1. The Morgan fingerprint density at radius 3 is 2.12 bits per heavy atom. The number of sulfonamides is 1. The van der Waals surface area contributed by atoms with Crippen LogP contribution in [0.1, 0.15) is 39.1 Å². The first kappa shape index (κ1) is 28.5. The first-order valence-corrected chi connectivity index (χ1v) is 13.6. The molecule has 210 valence electrons. The largest absolute Gasteiger partial charge is 0.467 e. The molecule has 40 heavy (non-hydrogen) atoms. The number of benzene rings is 3. The predicted molar refractivity (Wildman–Crippen MR) is 142 cm³/mol. The van der Waals surface area contributed by atoms with E-state index in [0.29, 0.717) is 23.4 Å². The standard InChI is InChI=1S/C27H26F2N4O6S/c1-39-27(36)23(12-15-2-6-17(30)7-3-15)32-26(35)24-21(28)13-19(14-22(24)29)33-40(37,38)20-10-4-16(5-11-20)25(34)31-18-8-9-18/h2-7,10-11,13-14,18,23,33H,8-9,12,30H2,1H3,(H,31,34)(H,32,35)/t23-/m0/s1. The molecule has 0 aliphatic heterocycles. The number of halogens is 2. The van der Waals surface area contributed by atoms with Crippen molar-refractivity contribution in [3.8, 4) is 0 Å². The lowest BCUT2D eigenvalue weighted by Crippen LogP contribution is -2.43. The molecule has 1 fully saturated rings. The van der Waals surface area contributed by atoms with Gasteiger partial charge < -0.3 is 21.1 Å². The zero-order valence-electron chi connectivity index (χ0n) is 21.2. The Bertz CT molecular complexity index is 1520. The van der Waals surface area contributed by atoms with Gasteiger partial charge in [0.1, 0.15) is 23.2 Å². The van der Waals surface area contributed by atoms with E-state index in [2.05, 4.69) is 15.4 Å². The number of esters is 1. The summed E-state index contributed by atoms with van der Waals surface area (Å²) in [6, 6.07) is 11.6. The van der Waals surface area contributed by atoms with Crippen molar-refractivity contribution in [1.29, 1.82) is 0 Å². The first-order valence-electron chi connectivity index (χ1n) is 12.1. The fourth-order valence-electron chi connectivity index (χ4n) is 3.80. The van der Waals surface area contributed by atoms with Gasteiger partial charge in [-0.15, -0.1) is 0 Å². The van der Waals surface area contributed by atoms with Crippen LogP contribution in [0.4, 0.5) is 20.2 Å². The van der Waals surface area contributed by atoms with Crippen LogP contribution in [-0.4, -0.2) is 45.4 Å². The molecular formula is C27H26F2N4O6S. The highest BCUT2D eigenvalue weighted by Crippen LogP contribution is 2.23. The number of hydrogen-bond acceptors (Lipinski definition) is 7. The number of nitrogens with two attached hydrogens (primary N) is 1. The van der Waals surface area contributed by atoms with Crippen LogP contribution in [0.15, 0.2) is 65.6 Å². The second-order valence-electron chi connectivity index (χ2n) is 9.19. The number of carbonyl (C=O) groups is 3. The summed E-state index contributed by atoms with van der Waals surface area (Å²) in [5, 5.41) is 5.04. The molecule has 0 unspecified atom stereocenters. The van der Waals surface area contributed by atoms with Crippen LogP contribution in [-0.2, 0) is 26.0 Å². The summed E-state index contributed by atoms with van der Waals surface area (Å²) < 4.78 is 62.1. The molecule has 1 aliphatic carbocycles. The molecule has 0 bridgehead atoms. The van der Waals surface area contributed by atoms with Gasteiger partial charge in [0.2, 0.25) is 0 Å². The third-order valence-corrected chi connectivity index (χ3v) is 7.47. The van der Waals surface area contributed by atoms with E-state index in [-0.39, 0.29) is 28.8 Å². The Hall–Kier alpha value is -4.52. The van der Waals surface area contributed by atoms with Gasteiger partial charge in [0.05, 0.1) is 17.7 Å². The van der Waals surface area contributed by atoms with Crippen molar-refractivity contribution in [3.63, 3.8) is 0 Å². The molecule has 5 N–H and O–H groups in total. The normalized spacial score (nSPS) is 13.7. The lowest BCUT2D eigenvalue weighted by atomic mass is 10.0. The van der Waals surface area contributed by atoms with E-state index in [1.54, 1.807) is 24.3 Å². The molecule has 2 amide bonds. The van der Waals surface area contributed by atoms with Crippen LogP contribution in [0.5, 0.6) is 0 Å². The van der Waals surface area contributed by atoms with Crippen LogP contribution >= 0.6 is 0 Å². The lowest BCUT2D eigenvalue weighted by Gasteiger charge is -2.18. The van der Waals surface area contributed by atoms with E-state index in [9.17, 15) is 31.6 Å². The van der Waals surface area contributed by atoms with E-state index < -0.39 is 50.8 Å². The number of anilines is 2. The average Bonchev–Trinajstić information content (AvgIpc) is 3.72. The SMILES string of the molecule is COC(=O)[C@H](Cc1ccc(N)cc1)NC(=O)c1c(F)cc(NS(=O)(=O)c2ccc(C(=O)NC3CC3)cc2)cc1F. The summed E-state index contributed by atoms with van der Waals surface area (Å²) in [6.45, 7) is 0. The van der Waals surface area contributed by atoms with E-state index in [1.807, 2.05) is 0 Å². The van der Waals surface area contributed by atoms with E-state index in [4.69, 9.17) is 10.5 Å². The van der Waals surface area contributed by atoms with Gasteiger partial charge >= 0.3 is 5.97 Å². The van der Waals surface area contributed by atoms with Crippen LogP contribution in [0.25, 0.3) is 0 Å². The Kier molecular flexibility index (Phi) is 8.33. The average molecular weight is 573 g/mol. The Labute approximate surface area is 229 Å².